The maximum absolute atomic E-state index is 14.9. The van der Waals surface area contributed by atoms with Crippen molar-refractivity contribution in [2.24, 2.45) is 17.8 Å². The summed E-state index contributed by atoms with van der Waals surface area (Å²) in [7, 11) is -2.50. The number of ether oxygens (including phenoxy) is 3. The minimum Gasteiger partial charge on any atom is -0.471 e. The minimum atomic E-state index is -3.98. The molecule has 3 N–H and O–H groups in total. The Kier molecular flexibility index (Phi) is 12.5. The summed E-state index contributed by atoms with van der Waals surface area (Å²) >= 11 is 0. The zero-order valence-electron chi connectivity index (χ0n) is 34.2. The van der Waals surface area contributed by atoms with Gasteiger partial charge in [0.15, 0.2) is 5.60 Å². The fourth-order valence-corrected chi connectivity index (χ4v) is 9.12. The van der Waals surface area contributed by atoms with E-state index in [9.17, 15) is 41.2 Å². The number of amides is 4. The Morgan fingerprint density at radius 2 is 1.75 bits per heavy atom. The van der Waals surface area contributed by atoms with Gasteiger partial charge in [-0.25, -0.2) is 26.7 Å². The lowest BCUT2D eigenvalue weighted by Gasteiger charge is -2.35. The van der Waals surface area contributed by atoms with Gasteiger partial charge in [0.25, 0.3) is 17.4 Å². The molecule has 3 heterocycles. The third kappa shape index (κ3) is 9.55. The first-order valence-corrected chi connectivity index (χ1v) is 21.6. The number of hydrogen-bond donors (Lipinski definition) is 3. The summed E-state index contributed by atoms with van der Waals surface area (Å²) in [6, 6.07) is 3.99. The number of alkyl halides is 2. The molecule has 19 heteroatoms. The first kappa shape index (κ1) is 43.9. The SMILES string of the molecule is COCCn1nc(O[C@@H]2C[C@H]3C(=O)N[C@]4(C(=O)NS(=O)(=O)C5CC5)CC4/C=C\CC[C@@H](C)C[C@@H](C)[C@H](NC(=O)OC(C)(C)C(C)(F)F)C(=O)N3C2)c2ccccc2c1=O. The van der Waals surface area contributed by atoms with Crippen molar-refractivity contribution in [3.63, 3.8) is 0 Å². The molecule has 1 aromatic carbocycles. The molecule has 3 fully saturated rings. The van der Waals surface area contributed by atoms with Crippen molar-refractivity contribution in [2.45, 2.75) is 127 Å². The topological polar surface area (TPSA) is 204 Å². The molecular weight excluding hydrogens is 795 g/mol. The highest BCUT2D eigenvalue weighted by Crippen LogP contribution is 2.46. The van der Waals surface area contributed by atoms with E-state index >= 15 is 0 Å². The van der Waals surface area contributed by atoms with Gasteiger partial charge in [0.05, 0.1) is 35.7 Å². The Labute approximate surface area is 341 Å². The largest absolute Gasteiger partial charge is 0.471 e. The van der Waals surface area contributed by atoms with Gasteiger partial charge in [-0.1, -0.05) is 38.1 Å². The molecular formula is C40H54F2N6O10S. The number of alkyl carbamates (subject to hydrolysis) is 1. The van der Waals surface area contributed by atoms with Gasteiger partial charge in [-0.3, -0.25) is 23.9 Å². The highest BCUT2D eigenvalue weighted by atomic mass is 32.2. The van der Waals surface area contributed by atoms with Crippen LogP contribution in [0.1, 0.15) is 79.6 Å². The van der Waals surface area contributed by atoms with Crippen LogP contribution in [0.2, 0.25) is 0 Å². The number of methoxy groups -OCH3 is 1. The number of halogens is 2. The van der Waals surface area contributed by atoms with E-state index in [0.29, 0.717) is 49.8 Å². The Morgan fingerprint density at radius 1 is 1.05 bits per heavy atom. The summed E-state index contributed by atoms with van der Waals surface area (Å²) in [4.78, 5) is 71.0. The summed E-state index contributed by atoms with van der Waals surface area (Å²) in [6.07, 6.45) is 3.92. The van der Waals surface area contributed by atoms with Crippen molar-refractivity contribution in [2.75, 3.05) is 20.3 Å². The van der Waals surface area contributed by atoms with Gasteiger partial charge in [0.2, 0.25) is 27.7 Å². The first-order chi connectivity index (χ1) is 27.7. The molecule has 7 atom stereocenters. The Hall–Kier alpha value is -4.65. The Bertz CT molecular complexity index is 2160. The van der Waals surface area contributed by atoms with E-state index in [1.165, 1.54) is 16.7 Å². The van der Waals surface area contributed by atoms with Crippen molar-refractivity contribution in [1.82, 2.24) is 30.0 Å². The van der Waals surface area contributed by atoms with Crippen molar-refractivity contribution in [3.8, 4) is 5.88 Å². The molecule has 2 aromatic rings. The number of nitrogens with one attached hydrogen (secondary N) is 3. The van der Waals surface area contributed by atoms with Crippen LogP contribution in [0.3, 0.4) is 0 Å². The fourth-order valence-electron chi connectivity index (χ4n) is 7.75. The summed E-state index contributed by atoms with van der Waals surface area (Å²) < 4.78 is 74.8. The molecule has 16 nitrogen and oxygen atoms in total. The fraction of sp³-hybridized carbons (Fsp3) is 0.650. The van der Waals surface area contributed by atoms with Crippen LogP contribution in [-0.2, 0) is 40.4 Å². The second kappa shape index (κ2) is 16.8. The molecule has 2 aliphatic heterocycles. The van der Waals surface area contributed by atoms with Crippen molar-refractivity contribution >= 4 is 44.6 Å². The van der Waals surface area contributed by atoms with E-state index in [0.717, 1.165) is 13.8 Å². The van der Waals surface area contributed by atoms with Crippen molar-refractivity contribution in [3.05, 3.63) is 46.8 Å². The molecule has 0 bridgehead atoms. The van der Waals surface area contributed by atoms with Crippen LogP contribution in [0.15, 0.2) is 41.2 Å². The molecule has 0 spiro atoms. The lowest BCUT2D eigenvalue weighted by Crippen LogP contribution is -2.59. The molecule has 2 saturated carbocycles. The molecule has 1 unspecified atom stereocenters. The number of sulfonamides is 1. The van der Waals surface area contributed by atoms with Crippen LogP contribution in [0.4, 0.5) is 13.6 Å². The van der Waals surface area contributed by atoms with E-state index in [4.69, 9.17) is 14.2 Å². The molecule has 0 radical (unpaired) electrons. The van der Waals surface area contributed by atoms with Gasteiger partial charge >= 0.3 is 6.09 Å². The van der Waals surface area contributed by atoms with Crippen LogP contribution in [0.5, 0.6) is 5.88 Å². The molecule has 6 rings (SSSR count). The smallest absolute Gasteiger partial charge is 0.408 e. The van der Waals surface area contributed by atoms with Gasteiger partial charge in [-0.2, -0.15) is 0 Å². The molecule has 1 saturated heterocycles. The second-order valence-electron chi connectivity index (χ2n) is 17.0. The summed E-state index contributed by atoms with van der Waals surface area (Å²) in [5, 5.41) is 9.78. The summed E-state index contributed by atoms with van der Waals surface area (Å²) in [6.45, 7) is 6.48. The average Bonchev–Trinajstić information content (AvgIpc) is 4.09. The normalized spacial score (nSPS) is 28.6. The predicted molar refractivity (Wildman–Crippen MR) is 211 cm³/mol. The van der Waals surface area contributed by atoms with Crippen molar-refractivity contribution in [1.29, 1.82) is 0 Å². The van der Waals surface area contributed by atoms with Crippen molar-refractivity contribution < 1.29 is 50.6 Å². The van der Waals surface area contributed by atoms with Gasteiger partial charge in [-0.05, 0) is 76.3 Å². The van der Waals surface area contributed by atoms with E-state index in [1.807, 2.05) is 13.0 Å². The number of aromatic nitrogens is 2. The quantitative estimate of drug-likeness (QED) is 0.280. The van der Waals surface area contributed by atoms with Crippen LogP contribution in [-0.4, -0.2) is 108 Å². The van der Waals surface area contributed by atoms with Gasteiger partial charge in [-0.15, -0.1) is 5.10 Å². The Balaban J connectivity index is 1.37. The molecule has 2 aliphatic carbocycles. The molecule has 59 heavy (non-hydrogen) atoms. The number of nitrogens with zero attached hydrogens (tertiary/aromatic N) is 3. The van der Waals surface area contributed by atoms with Crippen LogP contribution in [0.25, 0.3) is 10.8 Å². The third-order valence-corrected chi connectivity index (χ3v) is 13.7. The first-order valence-electron chi connectivity index (χ1n) is 20.1. The van der Waals surface area contributed by atoms with Gasteiger partial charge in [0, 0.05) is 26.4 Å². The maximum atomic E-state index is 14.9. The average molecular weight is 849 g/mol. The lowest BCUT2D eigenvalue weighted by molar-refractivity contribution is -0.152. The lowest BCUT2D eigenvalue weighted by atomic mass is 9.88. The molecule has 4 aliphatic rings. The Morgan fingerprint density at radius 3 is 2.41 bits per heavy atom. The monoisotopic (exact) mass is 848 g/mol. The number of fused-ring (bicyclic) bond motifs is 3. The number of hydrogen-bond acceptors (Lipinski definition) is 11. The summed E-state index contributed by atoms with van der Waals surface area (Å²) in [5.74, 6) is -6.89. The van der Waals surface area contributed by atoms with Crippen LogP contribution >= 0.6 is 0 Å². The van der Waals surface area contributed by atoms with E-state index < -0.39 is 86.2 Å². The van der Waals surface area contributed by atoms with Gasteiger partial charge in [0.1, 0.15) is 23.7 Å². The minimum absolute atomic E-state index is 0.00128. The van der Waals surface area contributed by atoms with Crippen LogP contribution < -0.4 is 25.7 Å². The molecule has 4 amide bonds. The van der Waals surface area contributed by atoms with Crippen LogP contribution in [0, 0.1) is 17.8 Å². The van der Waals surface area contributed by atoms with E-state index in [2.05, 4.69) is 20.5 Å². The number of rotatable bonds is 11. The third-order valence-electron chi connectivity index (χ3n) is 11.9. The number of carbonyl (C=O) groups is 4. The van der Waals surface area contributed by atoms with E-state index in [-0.39, 0.29) is 49.9 Å². The molecule has 324 valence electrons. The number of carbonyl (C=O) groups excluding carboxylic acids is 4. The zero-order valence-corrected chi connectivity index (χ0v) is 35.0. The molecule has 1 aromatic heterocycles. The number of benzene rings is 1. The summed E-state index contributed by atoms with van der Waals surface area (Å²) in [5.41, 5.74) is -4.25. The second-order valence-corrected chi connectivity index (χ2v) is 19.0. The zero-order chi connectivity index (χ0) is 43.1. The van der Waals surface area contributed by atoms with E-state index in [1.54, 1.807) is 37.3 Å². The maximum Gasteiger partial charge on any atom is 0.408 e. The highest BCUT2D eigenvalue weighted by Gasteiger charge is 2.62. The van der Waals surface area contributed by atoms with Gasteiger partial charge < -0.3 is 29.7 Å². The number of allylic oxidation sites excluding steroid dienone is 1. The predicted octanol–water partition coefficient (Wildman–Crippen LogP) is 3.42. The highest BCUT2D eigenvalue weighted by molar-refractivity contribution is 7.91. The standard InChI is InChI=1S/C40H54F2N6O10S/c1-23-11-7-8-12-25-21-40(25,36(52)46-59(54,55)27-15-16-27)44-32(49)30-20-26(57-33-28-13-9-10-14-29(28)34(50)48(45-33)17-18-56-6)22-47(30)35(51)31(24(2)19-23)43-37(53)58-38(3,4)39(5,41)42/h8-10,12-14,23-27,30-31H,7,11,15-22H2,1-6H3,(H,43,53)(H,44,49)(H,46,52)/b12-8-/t23-,24-,25?,26-,30+,31+,40-/m1/s1.